The van der Waals surface area contributed by atoms with E-state index < -0.39 is 0 Å². The molecule has 168 valence electrons. The molecule has 1 heterocycles. The molecule has 0 bridgehead atoms. The Bertz CT molecular complexity index is 719. The predicted molar refractivity (Wildman–Crippen MR) is 119 cm³/mol. The van der Waals surface area contributed by atoms with Crippen molar-refractivity contribution in [2.24, 2.45) is 5.92 Å². The van der Waals surface area contributed by atoms with Crippen LogP contribution >= 0.6 is 11.6 Å². The summed E-state index contributed by atoms with van der Waals surface area (Å²) >= 11 is 6.36. The van der Waals surface area contributed by atoms with E-state index in [1.165, 1.54) is 7.11 Å². The summed E-state index contributed by atoms with van der Waals surface area (Å²) in [6, 6.07) is 3.33. The van der Waals surface area contributed by atoms with Gasteiger partial charge in [-0.3, -0.25) is 14.5 Å². The zero-order valence-electron chi connectivity index (χ0n) is 18.4. The average Bonchev–Trinajstić information content (AvgIpc) is 2.72. The summed E-state index contributed by atoms with van der Waals surface area (Å²) in [5.74, 6) is 1.11. The van der Waals surface area contributed by atoms with E-state index in [0.29, 0.717) is 47.7 Å². The number of rotatable bonds is 10. The molecule has 7 nitrogen and oxygen atoms in total. The minimum atomic E-state index is -0.190. The Hall–Kier alpha value is -1.99. The number of amides is 2. The Morgan fingerprint density at radius 2 is 1.97 bits per heavy atom. The molecule has 0 atom stereocenters. The van der Waals surface area contributed by atoms with E-state index in [1.807, 2.05) is 20.8 Å². The lowest BCUT2D eigenvalue weighted by molar-refractivity contribution is -0.122. The molecule has 1 saturated heterocycles. The summed E-state index contributed by atoms with van der Waals surface area (Å²) in [5.41, 5.74) is 0.440. The van der Waals surface area contributed by atoms with Crippen LogP contribution in [0, 0.1) is 5.92 Å². The molecule has 1 aliphatic rings. The molecule has 2 amide bonds. The Balaban J connectivity index is 1.90. The van der Waals surface area contributed by atoms with Gasteiger partial charge in [-0.1, -0.05) is 32.4 Å². The number of likely N-dealkylation sites (tertiary alicyclic amines) is 1. The standard InChI is InChI=1S/C22H34ClN3O4/c1-5-8-24-20(27)13-26-9-6-17(7-10-26)25-22(28)16-11-18(23)21(19(12-16)29-4)30-14-15(2)3/h11-12,15,17H,5-10,13-14H2,1-4H3,(H,24,27)(H,25,28). The number of ether oxygens (including phenoxy) is 2. The molecule has 1 aromatic carbocycles. The van der Waals surface area contributed by atoms with E-state index in [4.69, 9.17) is 21.1 Å². The van der Waals surface area contributed by atoms with Gasteiger partial charge < -0.3 is 20.1 Å². The number of benzene rings is 1. The van der Waals surface area contributed by atoms with Crippen LogP contribution in [0.2, 0.25) is 5.02 Å². The van der Waals surface area contributed by atoms with Gasteiger partial charge in [-0.05, 0) is 37.3 Å². The van der Waals surface area contributed by atoms with Gasteiger partial charge in [0, 0.05) is 31.2 Å². The third-order valence-corrected chi connectivity index (χ3v) is 5.20. The largest absolute Gasteiger partial charge is 0.493 e. The first-order valence-corrected chi connectivity index (χ1v) is 11.0. The minimum Gasteiger partial charge on any atom is -0.493 e. The van der Waals surface area contributed by atoms with Crippen LogP contribution in [0.4, 0.5) is 0 Å². The SMILES string of the molecule is CCCNC(=O)CN1CCC(NC(=O)c2cc(Cl)c(OCC(C)C)c(OC)c2)CC1. The maximum Gasteiger partial charge on any atom is 0.251 e. The van der Waals surface area contributed by atoms with Crippen molar-refractivity contribution in [2.45, 2.75) is 46.1 Å². The van der Waals surface area contributed by atoms with Crippen LogP contribution in [0.1, 0.15) is 50.4 Å². The zero-order chi connectivity index (χ0) is 22.1. The van der Waals surface area contributed by atoms with E-state index >= 15 is 0 Å². The van der Waals surface area contributed by atoms with Crippen molar-refractivity contribution in [1.29, 1.82) is 0 Å². The first kappa shape index (κ1) is 24.3. The van der Waals surface area contributed by atoms with Gasteiger partial charge in [-0.25, -0.2) is 0 Å². The van der Waals surface area contributed by atoms with Crippen LogP contribution < -0.4 is 20.1 Å². The first-order chi connectivity index (χ1) is 14.3. The van der Waals surface area contributed by atoms with Crippen molar-refractivity contribution in [3.63, 3.8) is 0 Å². The second-order valence-electron chi connectivity index (χ2n) is 8.07. The van der Waals surface area contributed by atoms with Crippen LogP contribution in [0.15, 0.2) is 12.1 Å². The number of nitrogens with zero attached hydrogens (tertiary/aromatic N) is 1. The van der Waals surface area contributed by atoms with Crippen molar-refractivity contribution in [3.05, 3.63) is 22.7 Å². The van der Waals surface area contributed by atoms with Crippen LogP contribution in [-0.4, -0.2) is 62.7 Å². The van der Waals surface area contributed by atoms with Crippen LogP contribution in [0.3, 0.4) is 0 Å². The topological polar surface area (TPSA) is 79.9 Å². The van der Waals surface area contributed by atoms with Gasteiger partial charge in [0.05, 0.1) is 25.3 Å². The van der Waals surface area contributed by atoms with Crippen molar-refractivity contribution in [3.8, 4) is 11.5 Å². The maximum absolute atomic E-state index is 12.7. The second kappa shape index (κ2) is 12.0. The van der Waals surface area contributed by atoms with E-state index in [1.54, 1.807) is 12.1 Å². The summed E-state index contributed by atoms with van der Waals surface area (Å²) in [6.07, 6.45) is 2.53. The van der Waals surface area contributed by atoms with E-state index in [2.05, 4.69) is 15.5 Å². The molecule has 0 aliphatic carbocycles. The molecule has 8 heteroatoms. The number of carbonyl (C=O) groups is 2. The number of nitrogens with one attached hydrogen (secondary N) is 2. The number of hydrogen-bond donors (Lipinski definition) is 2. The fourth-order valence-electron chi connectivity index (χ4n) is 3.27. The number of halogens is 1. The molecule has 0 spiro atoms. The number of hydrogen-bond acceptors (Lipinski definition) is 5. The fraction of sp³-hybridized carbons (Fsp3) is 0.636. The molecular weight excluding hydrogens is 406 g/mol. The summed E-state index contributed by atoms with van der Waals surface area (Å²) in [5, 5.41) is 6.32. The van der Waals surface area contributed by atoms with Crippen molar-refractivity contribution >= 4 is 23.4 Å². The Morgan fingerprint density at radius 3 is 2.57 bits per heavy atom. The number of methoxy groups -OCH3 is 1. The molecule has 0 radical (unpaired) electrons. The highest BCUT2D eigenvalue weighted by Gasteiger charge is 2.23. The first-order valence-electron chi connectivity index (χ1n) is 10.6. The Kier molecular flexibility index (Phi) is 9.72. The van der Waals surface area contributed by atoms with Crippen molar-refractivity contribution < 1.29 is 19.1 Å². The van der Waals surface area contributed by atoms with E-state index in [-0.39, 0.29) is 17.9 Å². The monoisotopic (exact) mass is 439 g/mol. The lowest BCUT2D eigenvalue weighted by atomic mass is 10.0. The van der Waals surface area contributed by atoms with Gasteiger partial charge in [0.2, 0.25) is 5.91 Å². The molecule has 1 fully saturated rings. The van der Waals surface area contributed by atoms with Crippen molar-refractivity contribution in [2.75, 3.05) is 39.9 Å². The normalized spacial score (nSPS) is 15.1. The van der Waals surface area contributed by atoms with Crippen LogP contribution in [0.25, 0.3) is 0 Å². The van der Waals surface area contributed by atoms with Gasteiger partial charge >= 0.3 is 0 Å². The minimum absolute atomic E-state index is 0.0563. The van der Waals surface area contributed by atoms with Crippen LogP contribution in [0.5, 0.6) is 11.5 Å². The zero-order valence-corrected chi connectivity index (χ0v) is 19.2. The molecular formula is C22H34ClN3O4. The molecule has 0 unspecified atom stereocenters. The third-order valence-electron chi connectivity index (χ3n) is 4.91. The lowest BCUT2D eigenvalue weighted by Crippen LogP contribution is -2.47. The molecule has 1 aliphatic heterocycles. The van der Waals surface area contributed by atoms with E-state index in [0.717, 1.165) is 32.4 Å². The molecule has 1 aromatic rings. The summed E-state index contributed by atoms with van der Waals surface area (Å²) in [7, 11) is 1.53. The summed E-state index contributed by atoms with van der Waals surface area (Å²) < 4.78 is 11.1. The van der Waals surface area contributed by atoms with Crippen molar-refractivity contribution in [1.82, 2.24) is 15.5 Å². The van der Waals surface area contributed by atoms with Gasteiger partial charge in [-0.2, -0.15) is 0 Å². The third kappa shape index (κ3) is 7.36. The van der Waals surface area contributed by atoms with Gasteiger partial charge in [0.25, 0.3) is 5.91 Å². The maximum atomic E-state index is 12.7. The molecule has 2 rings (SSSR count). The number of carbonyl (C=O) groups excluding carboxylic acids is 2. The summed E-state index contributed by atoms with van der Waals surface area (Å²) in [4.78, 5) is 26.7. The van der Waals surface area contributed by atoms with Gasteiger partial charge in [0.15, 0.2) is 11.5 Å². The highest BCUT2D eigenvalue weighted by atomic mass is 35.5. The van der Waals surface area contributed by atoms with E-state index in [9.17, 15) is 9.59 Å². The quantitative estimate of drug-likeness (QED) is 0.585. The average molecular weight is 440 g/mol. The molecule has 0 saturated carbocycles. The van der Waals surface area contributed by atoms with Crippen LogP contribution in [-0.2, 0) is 4.79 Å². The molecule has 0 aromatic heterocycles. The van der Waals surface area contributed by atoms with Gasteiger partial charge in [-0.15, -0.1) is 0 Å². The fourth-order valence-corrected chi connectivity index (χ4v) is 3.53. The Morgan fingerprint density at radius 1 is 1.27 bits per heavy atom. The molecule has 2 N–H and O–H groups in total. The van der Waals surface area contributed by atoms with Gasteiger partial charge in [0.1, 0.15) is 0 Å². The summed E-state index contributed by atoms with van der Waals surface area (Å²) in [6.45, 7) is 9.30. The highest BCUT2D eigenvalue weighted by Crippen LogP contribution is 2.36. The predicted octanol–water partition coefficient (Wildman–Crippen LogP) is 3.10. The Labute approximate surface area is 184 Å². The molecule has 30 heavy (non-hydrogen) atoms. The lowest BCUT2D eigenvalue weighted by Gasteiger charge is -2.31. The smallest absolute Gasteiger partial charge is 0.251 e. The highest BCUT2D eigenvalue weighted by molar-refractivity contribution is 6.32. The second-order valence-corrected chi connectivity index (χ2v) is 8.48. The number of piperidine rings is 1.